The van der Waals surface area contributed by atoms with Gasteiger partial charge in [0.1, 0.15) is 0 Å². The maximum Gasteiger partial charge on any atom is 0.329 e. The van der Waals surface area contributed by atoms with Crippen LogP contribution in [0.4, 0.5) is 5.69 Å². The number of rotatable bonds is 3. The number of anilines is 1. The number of fused-ring (bicyclic) bond motifs is 1. The summed E-state index contributed by atoms with van der Waals surface area (Å²) in [6.07, 6.45) is 1.51. The molecule has 5 nitrogen and oxygen atoms in total. The van der Waals surface area contributed by atoms with E-state index in [1.54, 1.807) is 24.3 Å². The zero-order valence-corrected chi connectivity index (χ0v) is 13.8. The molecule has 0 aromatic heterocycles. The normalized spacial score (nSPS) is 10.8. The monoisotopic (exact) mass is 351 g/mol. The highest BCUT2D eigenvalue weighted by Crippen LogP contribution is 2.16. The van der Waals surface area contributed by atoms with E-state index >= 15 is 0 Å². The predicted molar refractivity (Wildman–Crippen MR) is 99.8 cm³/mol. The highest BCUT2D eigenvalue weighted by atomic mass is 35.5. The van der Waals surface area contributed by atoms with Gasteiger partial charge in [-0.05, 0) is 35.0 Å². The Balaban J connectivity index is 1.64. The molecular weight excluding hydrogens is 338 g/mol. The van der Waals surface area contributed by atoms with E-state index in [2.05, 4.69) is 15.8 Å². The second-order valence-corrected chi connectivity index (χ2v) is 5.66. The summed E-state index contributed by atoms with van der Waals surface area (Å²) in [5, 5.41) is 8.95. The molecular formula is C19H14ClN3O2. The van der Waals surface area contributed by atoms with Gasteiger partial charge in [0.2, 0.25) is 0 Å². The van der Waals surface area contributed by atoms with Crippen LogP contribution in [0.1, 0.15) is 5.56 Å². The van der Waals surface area contributed by atoms with Gasteiger partial charge < -0.3 is 5.32 Å². The molecule has 0 aliphatic carbocycles. The zero-order valence-electron chi connectivity index (χ0n) is 13.1. The molecule has 0 saturated heterocycles. The minimum absolute atomic E-state index is 0.475. The van der Waals surface area contributed by atoms with Crippen molar-refractivity contribution in [3.8, 4) is 0 Å². The molecule has 0 atom stereocenters. The van der Waals surface area contributed by atoms with Gasteiger partial charge >= 0.3 is 11.8 Å². The number of hydrogen-bond acceptors (Lipinski definition) is 3. The molecule has 3 aromatic rings. The summed E-state index contributed by atoms with van der Waals surface area (Å²) >= 11 is 5.77. The van der Waals surface area contributed by atoms with Crippen LogP contribution in [0.3, 0.4) is 0 Å². The fraction of sp³-hybridized carbons (Fsp3) is 0. The lowest BCUT2D eigenvalue weighted by Gasteiger charge is -2.04. The summed E-state index contributed by atoms with van der Waals surface area (Å²) < 4.78 is 0. The molecule has 0 radical (unpaired) electrons. The van der Waals surface area contributed by atoms with E-state index < -0.39 is 11.8 Å². The van der Waals surface area contributed by atoms with Crippen molar-refractivity contribution in [2.75, 3.05) is 5.32 Å². The van der Waals surface area contributed by atoms with Gasteiger partial charge in [0.05, 0.1) is 6.21 Å². The molecule has 0 heterocycles. The Morgan fingerprint density at radius 3 is 2.40 bits per heavy atom. The van der Waals surface area contributed by atoms with Crippen LogP contribution >= 0.6 is 11.6 Å². The Bertz CT molecular complexity index is 947. The molecule has 2 amide bonds. The number of hydrazone groups is 1. The number of halogens is 1. The van der Waals surface area contributed by atoms with Gasteiger partial charge in [-0.1, -0.05) is 54.1 Å². The summed E-state index contributed by atoms with van der Waals surface area (Å²) in [6, 6.07) is 20.1. The van der Waals surface area contributed by atoms with Crippen molar-refractivity contribution >= 4 is 46.1 Å². The van der Waals surface area contributed by atoms with Crippen molar-refractivity contribution in [1.29, 1.82) is 0 Å². The van der Waals surface area contributed by atoms with Crippen molar-refractivity contribution in [2.45, 2.75) is 0 Å². The van der Waals surface area contributed by atoms with E-state index in [1.807, 2.05) is 42.5 Å². The average molecular weight is 352 g/mol. The third-order valence-electron chi connectivity index (χ3n) is 3.50. The molecule has 0 spiro atoms. The standard InChI is InChI=1S/C19H14ClN3O2/c20-15-8-10-16(11-9-15)22-18(24)19(25)23-21-12-14-6-3-5-13-4-1-2-7-17(13)14/h1-12H,(H,22,24)(H,23,25). The number of carbonyl (C=O) groups is 2. The third kappa shape index (κ3) is 4.22. The van der Waals surface area contributed by atoms with Crippen LogP contribution in [0, 0.1) is 0 Å². The van der Waals surface area contributed by atoms with Gasteiger partial charge in [0.25, 0.3) is 0 Å². The maximum absolute atomic E-state index is 11.8. The molecule has 25 heavy (non-hydrogen) atoms. The molecule has 0 unspecified atom stereocenters. The van der Waals surface area contributed by atoms with Gasteiger partial charge in [0, 0.05) is 16.3 Å². The molecule has 124 valence electrons. The summed E-state index contributed by atoms with van der Waals surface area (Å²) in [6.45, 7) is 0. The van der Waals surface area contributed by atoms with Gasteiger partial charge in [0.15, 0.2) is 0 Å². The minimum Gasteiger partial charge on any atom is -0.318 e. The number of hydrogen-bond donors (Lipinski definition) is 2. The molecule has 0 aliphatic heterocycles. The summed E-state index contributed by atoms with van der Waals surface area (Å²) in [5.74, 6) is -1.66. The number of carbonyl (C=O) groups excluding carboxylic acids is 2. The molecule has 3 rings (SSSR count). The first-order valence-corrected chi connectivity index (χ1v) is 7.89. The molecule has 0 aliphatic rings. The van der Waals surface area contributed by atoms with Crippen LogP contribution < -0.4 is 10.7 Å². The lowest BCUT2D eigenvalue weighted by Crippen LogP contribution is -2.32. The lowest BCUT2D eigenvalue weighted by atomic mass is 10.1. The van der Waals surface area contributed by atoms with Crippen molar-refractivity contribution in [3.05, 3.63) is 77.3 Å². The van der Waals surface area contributed by atoms with Crippen molar-refractivity contribution in [2.24, 2.45) is 5.10 Å². The van der Waals surface area contributed by atoms with E-state index in [1.165, 1.54) is 6.21 Å². The topological polar surface area (TPSA) is 70.6 Å². The molecule has 2 N–H and O–H groups in total. The average Bonchev–Trinajstić information content (AvgIpc) is 2.63. The van der Waals surface area contributed by atoms with Crippen LogP contribution in [0.5, 0.6) is 0 Å². The van der Waals surface area contributed by atoms with Gasteiger partial charge in [-0.2, -0.15) is 5.10 Å². The van der Waals surface area contributed by atoms with Gasteiger partial charge in [-0.15, -0.1) is 0 Å². The fourth-order valence-electron chi connectivity index (χ4n) is 2.30. The Hall–Kier alpha value is -3.18. The smallest absolute Gasteiger partial charge is 0.318 e. The van der Waals surface area contributed by atoms with Gasteiger partial charge in [-0.3, -0.25) is 9.59 Å². The number of amides is 2. The minimum atomic E-state index is -0.855. The summed E-state index contributed by atoms with van der Waals surface area (Å²) in [4.78, 5) is 23.6. The van der Waals surface area contributed by atoms with Crippen LogP contribution in [0.15, 0.2) is 71.8 Å². The Morgan fingerprint density at radius 1 is 0.880 bits per heavy atom. The number of nitrogens with zero attached hydrogens (tertiary/aromatic N) is 1. The van der Waals surface area contributed by atoms with Crippen LogP contribution in [-0.2, 0) is 9.59 Å². The van der Waals surface area contributed by atoms with Crippen molar-refractivity contribution in [3.63, 3.8) is 0 Å². The van der Waals surface area contributed by atoms with Crippen LogP contribution in [-0.4, -0.2) is 18.0 Å². The van der Waals surface area contributed by atoms with Crippen LogP contribution in [0.25, 0.3) is 10.8 Å². The fourth-order valence-corrected chi connectivity index (χ4v) is 2.42. The summed E-state index contributed by atoms with van der Waals surface area (Å²) in [5.41, 5.74) is 3.54. The Kier molecular flexibility index (Phi) is 5.06. The molecule has 3 aromatic carbocycles. The molecule has 0 saturated carbocycles. The zero-order chi connectivity index (χ0) is 17.6. The molecule has 0 fully saturated rings. The molecule has 6 heteroatoms. The second-order valence-electron chi connectivity index (χ2n) is 5.23. The second kappa shape index (κ2) is 7.59. The first kappa shape index (κ1) is 16.7. The van der Waals surface area contributed by atoms with E-state index in [4.69, 9.17) is 11.6 Å². The SMILES string of the molecule is O=C(NN=Cc1cccc2ccccc12)C(=O)Nc1ccc(Cl)cc1. The largest absolute Gasteiger partial charge is 0.329 e. The first-order chi connectivity index (χ1) is 12.1. The first-order valence-electron chi connectivity index (χ1n) is 7.51. The van der Waals surface area contributed by atoms with E-state index in [9.17, 15) is 9.59 Å². The highest BCUT2D eigenvalue weighted by Gasteiger charge is 2.12. The Morgan fingerprint density at radius 2 is 1.60 bits per heavy atom. The lowest BCUT2D eigenvalue weighted by molar-refractivity contribution is -0.136. The number of nitrogens with one attached hydrogen (secondary N) is 2. The van der Waals surface area contributed by atoms with Crippen molar-refractivity contribution < 1.29 is 9.59 Å². The maximum atomic E-state index is 11.8. The Labute approximate surface area is 149 Å². The van der Waals surface area contributed by atoms with Gasteiger partial charge in [-0.25, -0.2) is 5.43 Å². The van der Waals surface area contributed by atoms with E-state index in [-0.39, 0.29) is 0 Å². The quantitative estimate of drug-likeness (QED) is 0.430. The van der Waals surface area contributed by atoms with Crippen molar-refractivity contribution in [1.82, 2.24) is 5.43 Å². The predicted octanol–water partition coefficient (Wildman–Crippen LogP) is 3.58. The van der Waals surface area contributed by atoms with E-state index in [0.717, 1.165) is 16.3 Å². The number of benzene rings is 3. The van der Waals surface area contributed by atoms with E-state index in [0.29, 0.717) is 10.7 Å². The molecule has 0 bridgehead atoms. The summed E-state index contributed by atoms with van der Waals surface area (Å²) in [7, 11) is 0. The highest BCUT2D eigenvalue weighted by molar-refractivity contribution is 6.39. The van der Waals surface area contributed by atoms with Crippen LogP contribution in [0.2, 0.25) is 5.02 Å². The third-order valence-corrected chi connectivity index (χ3v) is 3.75.